The Morgan fingerprint density at radius 2 is 1.55 bits per heavy atom. The van der Waals surface area contributed by atoms with Gasteiger partial charge >= 0.3 is 29.9 Å². The number of carbonyl (C=O) groups excluding carboxylic acids is 11. The molecule has 24 heteroatoms. The van der Waals surface area contributed by atoms with Crippen molar-refractivity contribution in [3.8, 4) is 0 Å². The summed E-state index contributed by atoms with van der Waals surface area (Å²) in [5.41, 5.74) is 3.87. The summed E-state index contributed by atoms with van der Waals surface area (Å²) >= 11 is 0. The van der Waals surface area contributed by atoms with Crippen LogP contribution in [0.15, 0.2) is 72.4 Å². The van der Waals surface area contributed by atoms with Gasteiger partial charge in [0.15, 0.2) is 0 Å². The van der Waals surface area contributed by atoms with Crippen LogP contribution in [0.3, 0.4) is 0 Å². The predicted molar refractivity (Wildman–Crippen MR) is 320 cm³/mol. The normalized spacial score (nSPS) is 26.3. The number of anilines is 1. The summed E-state index contributed by atoms with van der Waals surface area (Å²) in [5.74, 6) is -7.86. The molecule has 11 atom stereocenters. The van der Waals surface area contributed by atoms with Crippen LogP contribution in [0.25, 0.3) is 0 Å². The van der Waals surface area contributed by atoms with Crippen LogP contribution in [-0.2, 0) is 76.4 Å². The number of hydrogen-bond acceptors (Lipinski definition) is 17. The smallest absolute Gasteiger partial charge is 0.331 e. The van der Waals surface area contributed by atoms with Gasteiger partial charge in [-0.15, -0.1) is 0 Å². The molecular formula is C64H89N7O17. The lowest BCUT2D eigenvalue weighted by Gasteiger charge is -2.54. The van der Waals surface area contributed by atoms with Crippen molar-refractivity contribution >= 4 is 71.0 Å². The number of primary amides is 1. The van der Waals surface area contributed by atoms with Crippen LogP contribution >= 0.6 is 0 Å². The summed E-state index contributed by atoms with van der Waals surface area (Å²) < 4.78 is 36.9. The van der Waals surface area contributed by atoms with E-state index in [9.17, 15) is 52.7 Å². The SMILES string of the molecule is CC[C@@H]1CCOC(=O)/C=C/C=C\C(=O)OC2CC3COCC2(C)[C@]2(CCC(C)=C[C@H]2O3)COC(=O)C1NC(=O)C(C)(C)C(C)C(=O)OC(C)c1ccc(NC(=O)[C@H](CCCNC(N)=O)NC(=O)C(NC(=O)CCCCCN2C(=O)C=CC2=O)C(C)C)cc1. The van der Waals surface area contributed by atoms with Crippen molar-refractivity contribution in [2.45, 2.75) is 175 Å². The minimum absolute atomic E-state index is 0.0786. The molecule has 4 bridgehead atoms. The second kappa shape index (κ2) is 31.4. The molecule has 6 rings (SSSR count). The molecule has 5 aliphatic rings. The van der Waals surface area contributed by atoms with Gasteiger partial charge in [-0.1, -0.05) is 97.2 Å². The van der Waals surface area contributed by atoms with Crippen molar-refractivity contribution in [2.24, 2.45) is 39.7 Å². The Morgan fingerprint density at radius 1 is 0.852 bits per heavy atom. The molecule has 1 aromatic carbocycles. The molecule has 8 amide bonds. The van der Waals surface area contributed by atoms with E-state index in [1.807, 2.05) is 26.8 Å². The molecule has 2 saturated heterocycles. The third-order valence-corrected chi connectivity index (χ3v) is 17.9. The molecule has 0 saturated carbocycles. The number of imide groups is 1. The van der Waals surface area contributed by atoms with Gasteiger partial charge in [0.1, 0.15) is 36.9 Å². The molecule has 1 spiro atoms. The van der Waals surface area contributed by atoms with Gasteiger partial charge in [0.25, 0.3) is 11.8 Å². The first kappa shape index (κ1) is 69.4. The Kier molecular flexibility index (Phi) is 24.8. The molecule has 7 N–H and O–H groups in total. The number of esters is 4. The molecular weight excluding hydrogens is 1140 g/mol. The van der Waals surface area contributed by atoms with Gasteiger partial charge in [0.2, 0.25) is 23.6 Å². The fourth-order valence-electron chi connectivity index (χ4n) is 11.7. The first-order valence-electron chi connectivity index (χ1n) is 30.6. The quantitative estimate of drug-likeness (QED) is 0.0263. The number of nitrogens with one attached hydrogen (secondary N) is 5. The summed E-state index contributed by atoms with van der Waals surface area (Å²) in [6, 6.07) is 2.27. The fraction of sp³-hybridized carbons (Fsp3) is 0.609. The molecule has 88 heavy (non-hydrogen) atoms. The lowest BCUT2D eigenvalue weighted by Crippen LogP contribution is -2.60. The minimum atomic E-state index is -1.48. The van der Waals surface area contributed by atoms with Crippen LogP contribution in [0, 0.1) is 34.0 Å². The van der Waals surface area contributed by atoms with Gasteiger partial charge in [-0.05, 0) is 88.3 Å². The maximum atomic E-state index is 14.8. The van der Waals surface area contributed by atoms with E-state index in [1.165, 1.54) is 30.4 Å². The van der Waals surface area contributed by atoms with Crippen LogP contribution < -0.4 is 32.3 Å². The second-order valence-corrected chi connectivity index (χ2v) is 24.7. The van der Waals surface area contributed by atoms with E-state index >= 15 is 0 Å². The summed E-state index contributed by atoms with van der Waals surface area (Å²) in [4.78, 5) is 146. The molecule has 2 fully saturated rings. The number of unbranched alkanes of at least 4 members (excludes halogenated alkanes) is 2. The van der Waals surface area contributed by atoms with Gasteiger partial charge in [0.05, 0.1) is 43.4 Å². The van der Waals surface area contributed by atoms with Gasteiger partial charge in [-0.2, -0.15) is 0 Å². The number of cyclic esters (lactones) is 2. The molecule has 1 aromatic rings. The highest BCUT2D eigenvalue weighted by atomic mass is 16.6. The third-order valence-electron chi connectivity index (χ3n) is 17.9. The predicted octanol–water partition coefficient (Wildman–Crippen LogP) is 5.40. The number of rotatable bonds is 23. The fourth-order valence-corrected chi connectivity index (χ4v) is 11.7. The maximum Gasteiger partial charge on any atom is 0.331 e. The Labute approximate surface area is 514 Å². The van der Waals surface area contributed by atoms with Crippen molar-refractivity contribution in [1.82, 2.24) is 26.2 Å². The van der Waals surface area contributed by atoms with Crippen molar-refractivity contribution < 1.29 is 81.2 Å². The summed E-state index contributed by atoms with van der Waals surface area (Å²) in [6.07, 6.45) is 11.0. The molecule has 0 radical (unpaired) electrons. The van der Waals surface area contributed by atoms with E-state index in [0.717, 1.165) is 16.5 Å². The highest BCUT2D eigenvalue weighted by Gasteiger charge is 2.63. The number of ether oxygens (including phenoxy) is 6. The van der Waals surface area contributed by atoms with E-state index in [0.29, 0.717) is 56.2 Å². The van der Waals surface area contributed by atoms with E-state index in [4.69, 9.17) is 34.2 Å². The van der Waals surface area contributed by atoms with Crippen molar-refractivity contribution in [3.63, 3.8) is 0 Å². The Bertz CT molecular complexity index is 2850. The average Bonchev–Trinajstić information content (AvgIpc) is 1.40. The molecule has 24 nitrogen and oxygen atoms in total. The molecule has 0 aromatic heterocycles. The van der Waals surface area contributed by atoms with Gasteiger partial charge in [0, 0.05) is 66.8 Å². The minimum Gasteiger partial charge on any atom is -0.463 e. The van der Waals surface area contributed by atoms with Crippen LogP contribution in [0.5, 0.6) is 0 Å². The van der Waals surface area contributed by atoms with E-state index in [2.05, 4.69) is 26.6 Å². The molecule has 4 aliphatic heterocycles. The van der Waals surface area contributed by atoms with E-state index < -0.39 is 124 Å². The number of fused-ring (bicyclic) bond motifs is 1. The van der Waals surface area contributed by atoms with Crippen molar-refractivity contribution in [3.05, 3.63) is 77.9 Å². The first-order valence-corrected chi connectivity index (χ1v) is 30.6. The average molecular weight is 1230 g/mol. The molecule has 7 unspecified atom stereocenters. The Morgan fingerprint density at radius 3 is 2.22 bits per heavy atom. The van der Waals surface area contributed by atoms with Crippen LogP contribution in [0.4, 0.5) is 10.5 Å². The topological polar surface area (TPSA) is 333 Å². The zero-order chi connectivity index (χ0) is 64.5. The number of benzene rings is 1. The van der Waals surface area contributed by atoms with Gasteiger partial charge in [-0.25, -0.2) is 19.2 Å². The number of nitrogens with two attached hydrogens (primary N) is 1. The number of allylic oxidation sites excluding steroid dienone is 3. The largest absolute Gasteiger partial charge is 0.463 e. The number of urea groups is 1. The molecule has 4 heterocycles. The summed E-state index contributed by atoms with van der Waals surface area (Å²) in [5, 5.41) is 13.7. The Balaban J connectivity index is 1.10. The second-order valence-electron chi connectivity index (χ2n) is 24.7. The monoisotopic (exact) mass is 1230 g/mol. The van der Waals surface area contributed by atoms with Crippen LogP contribution in [0.1, 0.15) is 145 Å². The van der Waals surface area contributed by atoms with Crippen LogP contribution in [0.2, 0.25) is 0 Å². The van der Waals surface area contributed by atoms with E-state index in [1.54, 1.807) is 65.8 Å². The lowest BCUT2D eigenvalue weighted by atomic mass is 9.55. The lowest BCUT2D eigenvalue weighted by molar-refractivity contribution is -0.205. The molecule has 1 aliphatic carbocycles. The van der Waals surface area contributed by atoms with Crippen molar-refractivity contribution in [1.29, 1.82) is 0 Å². The first-order chi connectivity index (χ1) is 41.7. The number of amides is 8. The van der Waals surface area contributed by atoms with Gasteiger partial charge in [-0.3, -0.25) is 38.5 Å². The zero-order valence-corrected chi connectivity index (χ0v) is 52.1. The van der Waals surface area contributed by atoms with E-state index in [-0.39, 0.29) is 82.9 Å². The summed E-state index contributed by atoms with van der Waals surface area (Å²) in [6.45, 7) is 16.1. The molecule has 482 valence electrons. The van der Waals surface area contributed by atoms with Gasteiger partial charge < -0.3 is 60.7 Å². The number of nitrogens with zero attached hydrogens (tertiary/aromatic N) is 1. The highest BCUT2D eigenvalue weighted by Crippen LogP contribution is 2.57. The highest BCUT2D eigenvalue weighted by molar-refractivity contribution is 6.12. The zero-order valence-electron chi connectivity index (χ0n) is 52.1. The Hall–Kier alpha value is -7.73. The van der Waals surface area contributed by atoms with Crippen molar-refractivity contribution in [2.75, 3.05) is 44.8 Å². The third kappa shape index (κ3) is 18.0. The summed E-state index contributed by atoms with van der Waals surface area (Å²) in [7, 11) is 0. The number of hydrogen-bond donors (Lipinski definition) is 6. The standard InChI is InChI=1S/C64H89N7O17/c1-10-42-28-32-84-52(75)19-13-14-20-53(76)88-47-34-45-35-83-36-63(47,9)64(29-27-39(4)33-48(64)87-45)37-85-59(80)55(42)70-60(81)62(7,8)40(5)58(79)86-41(6)43-21-23-44(24-22-43)67-56(77)46(17-16-30-66-61(65)82)68-57(78)54(38(2)3)69-49(72)18-12-11-15-31-71-50(73)25-26-51(71)74/h13-14,19-26,33,38,40-42,45-48,54-55H,10-12,15-18,27-32,34-37H2,1-9H3,(H,67,77)(H,68,78)(H,69,72)(H,70,81)(H3,65,66,82)/b19-13+,20-14-/t40?,41?,42-,45?,46+,47?,48-,54?,55?,63?,64-/m1/s1. The van der Waals surface area contributed by atoms with Crippen LogP contribution in [-0.4, -0.2) is 146 Å². The maximum absolute atomic E-state index is 14.8. The number of carbonyl (C=O) groups is 11.